The van der Waals surface area contributed by atoms with Crippen LogP contribution in [0.3, 0.4) is 0 Å². The van der Waals surface area contributed by atoms with Gasteiger partial charge in [0, 0.05) is 19.1 Å². The fourth-order valence-electron chi connectivity index (χ4n) is 2.86. The van der Waals surface area contributed by atoms with E-state index in [4.69, 9.17) is 5.73 Å². The molecule has 1 aliphatic rings. The van der Waals surface area contributed by atoms with Crippen LogP contribution in [0.4, 0.5) is 17.6 Å². The van der Waals surface area contributed by atoms with Gasteiger partial charge in [0.05, 0.1) is 5.56 Å². The lowest BCUT2D eigenvalue weighted by Crippen LogP contribution is -2.46. The number of halogens is 4. The first-order valence-electron chi connectivity index (χ1n) is 7.14. The minimum Gasteiger partial charge on any atom is -0.327 e. The number of alkyl halides is 3. The van der Waals surface area contributed by atoms with Gasteiger partial charge < -0.3 is 5.73 Å². The third kappa shape index (κ3) is 4.17. The molecule has 2 rings (SSSR count). The second-order valence-corrected chi connectivity index (χ2v) is 5.70. The second kappa shape index (κ2) is 6.32. The molecule has 1 aromatic carbocycles. The van der Waals surface area contributed by atoms with Crippen LogP contribution in [0.2, 0.25) is 0 Å². The molecule has 0 radical (unpaired) electrons. The van der Waals surface area contributed by atoms with Crippen LogP contribution in [0.25, 0.3) is 0 Å². The van der Waals surface area contributed by atoms with Crippen LogP contribution in [0.5, 0.6) is 0 Å². The van der Waals surface area contributed by atoms with Crippen LogP contribution >= 0.6 is 0 Å². The Kier molecular flexibility index (Phi) is 4.88. The number of nitrogens with two attached hydrogens (primary N) is 1. The number of piperidine rings is 1. The molecule has 0 spiro atoms. The minimum atomic E-state index is -4.52. The predicted octanol–water partition coefficient (Wildman–Crippen LogP) is 3.40. The Hall–Kier alpha value is -1.14. The van der Waals surface area contributed by atoms with E-state index in [9.17, 15) is 17.6 Å². The normalized spacial score (nSPS) is 24.3. The molecule has 0 saturated carbocycles. The Morgan fingerprint density at radius 3 is 2.62 bits per heavy atom. The SMILES string of the molecule is CCC1CN(Cc2cc(F)cc(C(F)(F)F)c2)CCC1N. The van der Waals surface area contributed by atoms with E-state index in [1.54, 1.807) is 0 Å². The van der Waals surface area contributed by atoms with Crippen molar-refractivity contribution < 1.29 is 17.6 Å². The number of benzene rings is 1. The van der Waals surface area contributed by atoms with Crippen LogP contribution in [-0.4, -0.2) is 24.0 Å². The van der Waals surface area contributed by atoms with E-state index < -0.39 is 17.6 Å². The van der Waals surface area contributed by atoms with E-state index in [1.165, 1.54) is 6.07 Å². The van der Waals surface area contributed by atoms with Crippen LogP contribution in [-0.2, 0) is 12.7 Å². The molecular weight excluding hydrogens is 284 g/mol. The molecule has 2 N–H and O–H groups in total. The number of hydrogen-bond acceptors (Lipinski definition) is 2. The average molecular weight is 304 g/mol. The van der Waals surface area contributed by atoms with Crippen molar-refractivity contribution in [2.45, 2.75) is 38.5 Å². The second-order valence-electron chi connectivity index (χ2n) is 5.70. The topological polar surface area (TPSA) is 29.3 Å². The Balaban J connectivity index is 2.11. The molecule has 0 aromatic heterocycles. The van der Waals surface area contributed by atoms with Gasteiger partial charge in [-0.25, -0.2) is 4.39 Å². The summed E-state index contributed by atoms with van der Waals surface area (Å²) in [5.41, 5.74) is 5.44. The monoisotopic (exact) mass is 304 g/mol. The molecule has 0 amide bonds. The molecule has 21 heavy (non-hydrogen) atoms. The van der Waals surface area contributed by atoms with Gasteiger partial charge in [-0.3, -0.25) is 4.90 Å². The van der Waals surface area contributed by atoms with E-state index in [0.717, 1.165) is 32.0 Å². The summed E-state index contributed by atoms with van der Waals surface area (Å²) in [6, 6.07) is 2.87. The molecule has 1 fully saturated rings. The van der Waals surface area contributed by atoms with E-state index in [-0.39, 0.29) is 6.04 Å². The maximum absolute atomic E-state index is 13.4. The van der Waals surface area contributed by atoms with Gasteiger partial charge in [0.15, 0.2) is 0 Å². The van der Waals surface area contributed by atoms with Crippen molar-refractivity contribution in [3.63, 3.8) is 0 Å². The number of hydrogen-bond donors (Lipinski definition) is 1. The lowest BCUT2D eigenvalue weighted by atomic mass is 9.90. The van der Waals surface area contributed by atoms with Crippen molar-refractivity contribution in [1.82, 2.24) is 4.90 Å². The zero-order valence-corrected chi connectivity index (χ0v) is 12.0. The first-order valence-corrected chi connectivity index (χ1v) is 7.14. The van der Waals surface area contributed by atoms with Gasteiger partial charge in [0.25, 0.3) is 0 Å². The summed E-state index contributed by atoms with van der Waals surface area (Å²) >= 11 is 0. The zero-order chi connectivity index (χ0) is 15.6. The van der Waals surface area contributed by atoms with E-state index in [2.05, 4.69) is 6.92 Å². The van der Waals surface area contributed by atoms with Crippen molar-refractivity contribution >= 4 is 0 Å². The maximum Gasteiger partial charge on any atom is 0.416 e. The minimum absolute atomic E-state index is 0.143. The Labute approximate surface area is 121 Å². The standard InChI is InChI=1S/C15H20F4N2/c1-2-11-9-21(4-3-14(11)20)8-10-5-12(15(17,18)19)7-13(16)6-10/h5-7,11,14H,2-4,8-9,20H2,1H3. The van der Waals surface area contributed by atoms with Gasteiger partial charge in [-0.1, -0.05) is 13.3 Å². The van der Waals surface area contributed by atoms with Gasteiger partial charge >= 0.3 is 6.18 Å². The number of likely N-dealkylation sites (tertiary alicyclic amines) is 1. The van der Waals surface area contributed by atoms with Gasteiger partial charge in [-0.05, 0) is 42.6 Å². The van der Waals surface area contributed by atoms with Crippen molar-refractivity contribution in [2.24, 2.45) is 11.7 Å². The molecule has 1 aromatic rings. The fourth-order valence-corrected chi connectivity index (χ4v) is 2.86. The molecule has 0 aliphatic carbocycles. The zero-order valence-electron chi connectivity index (χ0n) is 12.0. The summed E-state index contributed by atoms with van der Waals surface area (Å²) in [4.78, 5) is 2.05. The molecular formula is C15H20F4N2. The third-order valence-corrected chi connectivity index (χ3v) is 4.09. The van der Waals surface area contributed by atoms with E-state index >= 15 is 0 Å². The Bertz CT molecular complexity index is 487. The van der Waals surface area contributed by atoms with E-state index in [1.807, 2.05) is 4.90 Å². The number of rotatable bonds is 3. The van der Waals surface area contributed by atoms with Crippen molar-refractivity contribution in [2.75, 3.05) is 13.1 Å². The molecule has 118 valence electrons. The highest BCUT2D eigenvalue weighted by Gasteiger charge is 2.32. The Morgan fingerprint density at radius 2 is 2.00 bits per heavy atom. The van der Waals surface area contributed by atoms with Crippen LogP contribution in [0, 0.1) is 11.7 Å². The van der Waals surface area contributed by atoms with Crippen LogP contribution in [0.1, 0.15) is 30.9 Å². The highest BCUT2D eigenvalue weighted by Crippen LogP contribution is 2.31. The molecule has 6 heteroatoms. The quantitative estimate of drug-likeness (QED) is 0.867. The first kappa shape index (κ1) is 16.2. The first-order chi connectivity index (χ1) is 9.79. The van der Waals surface area contributed by atoms with Crippen LogP contribution < -0.4 is 5.73 Å². The average Bonchev–Trinajstić information content (AvgIpc) is 2.39. The summed E-state index contributed by atoms with van der Waals surface area (Å²) in [6.07, 6.45) is -2.76. The van der Waals surface area contributed by atoms with Crippen molar-refractivity contribution in [3.8, 4) is 0 Å². The summed E-state index contributed by atoms with van der Waals surface area (Å²) in [7, 11) is 0. The molecule has 2 atom stereocenters. The summed E-state index contributed by atoms with van der Waals surface area (Å²) in [5, 5.41) is 0. The smallest absolute Gasteiger partial charge is 0.327 e. The molecule has 2 nitrogen and oxygen atoms in total. The van der Waals surface area contributed by atoms with Crippen molar-refractivity contribution in [3.05, 3.63) is 35.1 Å². The lowest BCUT2D eigenvalue weighted by molar-refractivity contribution is -0.137. The van der Waals surface area contributed by atoms with Gasteiger partial charge in [-0.2, -0.15) is 13.2 Å². The third-order valence-electron chi connectivity index (χ3n) is 4.09. The summed E-state index contributed by atoms with van der Waals surface area (Å²) in [5.74, 6) is -0.505. The summed E-state index contributed by atoms with van der Waals surface area (Å²) in [6.45, 7) is 3.85. The molecule has 2 unspecified atom stereocenters. The summed E-state index contributed by atoms with van der Waals surface area (Å²) < 4.78 is 51.5. The fraction of sp³-hybridized carbons (Fsp3) is 0.600. The lowest BCUT2D eigenvalue weighted by Gasteiger charge is -2.36. The number of nitrogens with zero attached hydrogens (tertiary/aromatic N) is 1. The molecule has 1 aliphatic heterocycles. The van der Waals surface area contributed by atoms with Gasteiger partial charge in [0.2, 0.25) is 0 Å². The predicted molar refractivity (Wildman–Crippen MR) is 73.1 cm³/mol. The van der Waals surface area contributed by atoms with E-state index in [0.29, 0.717) is 24.1 Å². The highest BCUT2D eigenvalue weighted by molar-refractivity contribution is 5.26. The maximum atomic E-state index is 13.4. The van der Waals surface area contributed by atoms with Crippen molar-refractivity contribution in [1.29, 1.82) is 0 Å². The Morgan fingerprint density at radius 1 is 1.29 bits per heavy atom. The van der Waals surface area contributed by atoms with Gasteiger partial charge in [-0.15, -0.1) is 0 Å². The largest absolute Gasteiger partial charge is 0.416 e. The molecule has 1 saturated heterocycles. The highest BCUT2D eigenvalue weighted by atomic mass is 19.4. The molecule has 0 bridgehead atoms. The van der Waals surface area contributed by atoms with Crippen LogP contribution in [0.15, 0.2) is 18.2 Å². The van der Waals surface area contributed by atoms with Gasteiger partial charge in [0.1, 0.15) is 5.82 Å². The molecule has 1 heterocycles.